The molecule has 12 heavy (non-hydrogen) atoms. The Labute approximate surface area is 74.3 Å². The van der Waals surface area contributed by atoms with Gasteiger partial charge in [-0.2, -0.15) is 0 Å². The molecule has 1 aromatic rings. The average molecular weight is 188 g/mol. The molecule has 64 valence electrons. The van der Waals surface area contributed by atoms with Crippen LogP contribution in [0.15, 0.2) is 18.2 Å². The van der Waals surface area contributed by atoms with Crippen molar-refractivity contribution in [3.05, 3.63) is 34.6 Å². The van der Waals surface area contributed by atoms with E-state index in [1.165, 1.54) is 13.1 Å². The van der Waals surface area contributed by atoms with Gasteiger partial charge in [-0.15, -0.1) is 0 Å². The zero-order chi connectivity index (χ0) is 9.14. The van der Waals surface area contributed by atoms with E-state index in [1.54, 1.807) is 0 Å². The van der Waals surface area contributed by atoms with Crippen LogP contribution in [0.1, 0.15) is 10.4 Å². The summed E-state index contributed by atoms with van der Waals surface area (Å²) in [5, 5.41) is 2.59. The highest BCUT2D eigenvalue weighted by Gasteiger charge is 2.05. The summed E-state index contributed by atoms with van der Waals surface area (Å²) in [5.41, 5.74) is 0.225. The standard InChI is InChI=1S/C8H7ClFNO/c1-11-8(12)5-2-6(9)4-7(10)3-5/h2-4H,1H3,(H,11,12). The lowest BCUT2D eigenvalue weighted by atomic mass is 10.2. The molecule has 0 spiro atoms. The van der Waals surface area contributed by atoms with Gasteiger partial charge >= 0.3 is 0 Å². The summed E-state index contributed by atoms with van der Waals surface area (Å²) in [5.74, 6) is -0.863. The first-order valence-corrected chi connectivity index (χ1v) is 3.69. The Hall–Kier alpha value is -1.09. The number of hydrogen-bond acceptors (Lipinski definition) is 1. The molecule has 0 heterocycles. The molecule has 1 aromatic carbocycles. The molecule has 4 heteroatoms. The van der Waals surface area contributed by atoms with Gasteiger partial charge in [-0.3, -0.25) is 4.79 Å². The number of carbonyl (C=O) groups is 1. The second-order valence-electron chi connectivity index (χ2n) is 2.24. The lowest BCUT2D eigenvalue weighted by Crippen LogP contribution is -2.17. The smallest absolute Gasteiger partial charge is 0.251 e. The molecule has 0 aliphatic heterocycles. The van der Waals surface area contributed by atoms with E-state index in [-0.39, 0.29) is 16.5 Å². The van der Waals surface area contributed by atoms with E-state index in [9.17, 15) is 9.18 Å². The van der Waals surface area contributed by atoms with Crippen molar-refractivity contribution in [2.24, 2.45) is 0 Å². The van der Waals surface area contributed by atoms with E-state index in [2.05, 4.69) is 5.32 Å². The molecular formula is C8H7ClFNO. The van der Waals surface area contributed by atoms with Gasteiger partial charge in [0.05, 0.1) is 0 Å². The van der Waals surface area contributed by atoms with Gasteiger partial charge in [0.1, 0.15) is 5.82 Å². The minimum atomic E-state index is -0.513. The first-order chi connectivity index (χ1) is 5.63. The second-order valence-corrected chi connectivity index (χ2v) is 2.67. The van der Waals surface area contributed by atoms with Crippen LogP contribution in [-0.4, -0.2) is 13.0 Å². The Balaban J connectivity index is 3.08. The summed E-state index contributed by atoms with van der Waals surface area (Å²) >= 11 is 5.53. The Morgan fingerprint density at radius 1 is 1.50 bits per heavy atom. The third-order valence-electron chi connectivity index (χ3n) is 1.35. The van der Waals surface area contributed by atoms with Crippen molar-refractivity contribution in [2.75, 3.05) is 7.05 Å². The van der Waals surface area contributed by atoms with Gasteiger partial charge in [0, 0.05) is 17.6 Å². The van der Waals surface area contributed by atoms with Gasteiger partial charge in [-0.05, 0) is 18.2 Å². The molecule has 0 aromatic heterocycles. The van der Waals surface area contributed by atoms with Crippen molar-refractivity contribution < 1.29 is 9.18 Å². The molecule has 0 saturated heterocycles. The Morgan fingerprint density at radius 3 is 2.67 bits per heavy atom. The minimum absolute atomic E-state index is 0.216. The Morgan fingerprint density at radius 2 is 2.17 bits per heavy atom. The van der Waals surface area contributed by atoms with Crippen LogP contribution in [0, 0.1) is 5.82 Å². The second kappa shape index (κ2) is 3.54. The summed E-state index contributed by atoms with van der Waals surface area (Å²) < 4.78 is 12.7. The Bertz CT molecular complexity index is 294. The van der Waals surface area contributed by atoms with E-state index >= 15 is 0 Å². The van der Waals surface area contributed by atoms with Crippen molar-refractivity contribution >= 4 is 17.5 Å². The summed E-state index contributed by atoms with van der Waals surface area (Å²) in [6.07, 6.45) is 0. The van der Waals surface area contributed by atoms with Crippen LogP contribution in [0.3, 0.4) is 0 Å². The van der Waals surface area contributed by atoms with Gasteiger partial charge in [-0.1, -0.05) is 11.6 Å². The quantitative estimate of drug-likeness (QED) is 0.714. The monoisotopic (exact) mass is 187 g/mol. The van der Waals surface area contributed by atoms with Gasteiger partial charge in [0.15, 0.2) is 0 Å². The zero-order valence-corrected chi connectivity index (χ0v) is 7.15. The molecule has 0 bridgehead atoms. The van der Waals surface area contributed by atoms with Crippen LogP contribution in [0.5, 0.6) is 0 Å². The van der Waals surface area contributed by atoms with Crippen LogP contribution in [-0.2, 0) is 0 Å². The number of hydrogen-bond donors (Lipinski definition) is 1. The lowest BCUT2D eigenvalue weighted by molar-refractivity contribution is 0.0962. The highest BCUT2D eigenvalue weighted by atomic mass is 35.5. The topological polar surface area (TPSA) is 29.1 Å². The van der Waals surface area contributed by atoms with Crippen molar-refractivity contribution in [3.8, 4) is 0 Å². The number of benzene rings is 1. The minimum Gasteiger partial charge on any atom is -0.355 e. The van der Waals surface area contributed by atoms with E-state index in [4.69, 9.17) is 11.6 Å². The molecular weight excluding hydrogens is 181 g/mol. The SMILES string of the molecule is CNC(=O)c1cc(F)cc(Cl)c1. The fourth-order valence-corrected chi connectivity index (χ4v) is 1.05. The summed E-state index contributed by atoms with van der Waals surface area (Å²) in [7, 11) is 1.47. The first-order valence-electron chi connectivity index (χ1n) is 3.31. The molecule has 0 aliphatic rings. The summed E-state index contributed by atoms with van der Waals surface area (Å²) in [6.45, 7) is 0. The zero-order valence-electron chi connectivity index (χ0n) is 6.40. The van der Waals surface area contributed by atoms with Crippen LogP contribution >= 0.6 is 11.6 Å². The van der Waals surface area contributed by atoms with E-state index in [0.717, 1.165) is 12.1 Å². The number of halogens is 2. The van der Waals surface area contributed by atoms with Crippen molar-refractivity contribution in [2.45, 2.75) is 0 Å². The lowest BCUT2D eigenvalue weighted by Gasteiger charge is -1.99. The van der Waals surface area contributed by atoms with Crippen molar-refractivity contribution in [1.82, 2.24) is 5.32 Å². The predicted octanol–water partition coefficient (Wildman–Crippen LogP) is 1.84. The van der Waals surface area contributed by atoms with Gasteiger partial charge in [0.2, 0.25) is 0 Å². The third kappa shape index (κ3) is 1.95. The fourth-order valence-electron chi connectivity index (χ4n) is 0.829. The van der Waals surface area contributed by atoms with E-state index in [1.807, 2.05) is 0 Å². The van der Waals surface area contributed by atoms with Crippen LogP contribution in [0.2, 0.25) is 5.02 Å². The summed E-state index contributed by atoms with van der Waals surface area (Å²) in [4.78, 5) is 11.0. The maximum atomic E-state index is 12.7. The number of amides is 1. The maximum Gasteiger partial charge on any atom is 0.251 e. The highest BCUT2D eigenvalue weighted by Crippen LogP contribution is 2.13. The highest BCUT2D eigenvalue weighted by molar-refractivity contribution is 6.31. The molecule has 0 radical (unpaired) electrons. The predicted molar refractivity (Wildman–Crippen MR) is 44.8 cm³/mol. The molecule has 2 nitrogen and oxygen atoms in total. The molecule has 0 saturated carbocycles. The van der Waals surface area contributed by atoms with Crippen molar-refractivity contribution in [3.63, 3.8) is 0 Å². The maximum absolute atomic E-state index is 12.7. The molecule has 0 atom stereocenters. The molecule has 0 unspecified atom stereocenters. The largest absolute Gasteiger partial charge is 0.355 e. The number of nitrogens with one attached hydrogen (secondary N) is 1. The van der Waals surface area contributed by atoms with Crippen LogP contribution < -0.4 is 5.32 Å². The van der Waals surface area contributed by atoms with Gasteiger partial charge in [-0.25, -0.2) is 4.39 Å². The van der Waals surface area contributed by atoms with E-state index < -0.39 is 5.82 Å². The fraction of sp³-hybridized carbons (Fsp3) is 0.125. The normalized spacial score (nSPS) is 9.58. The number of rotatable bonds is 1. The molecule has 0 aliphatic carbocycles. The number of carbonyl (C=O) groups excluding carboxylic acids is 1. The molecule has 0 fully saturated rings. The molecule has 1 amide bonds. The van der Waals surface area contributed by atoms with Gasteiger partial charge in [0.25, 0.3) is 5.91 Å². The van der Waals surface area contributed by atoms with E-state index in [0.29, 0.717) is 0 Å². The molecule has 1 rings (SSSR count). The average Bonchev–Trinajstić information content (AvgIpc) is 2.01. The third-order valence-corrected chi connectivity index (χ3v) is 1.57. The Kier molecular flexibility index (Phi) is 2.65. The molecule has 1 N–H and O–H groups in total. The van der Waals surface area contributed by atoms with Crippen LogP contribution in [0.4, 0.5) is 4.39 Å². The summed E-state index contributed by atoms with van der Waals surface area (Å²) in [6, 6.07) is 3.68. The first kappa shape index (κ1) is 9.00. The van der Waals surface area contributed by atoms with Crippen LogP contribution in [0.25, 0.3) is 0 Å². The van der Waals surface area contributed by atoms with Crippen molar-refractivity contribution in [1.29, 1.82) is 0 Å². The van der Waals surface area contributed by atoms with Gasteiger partial charge < -0.3 is 5.32 Å².